The normalized spacial score (nSPS) is 12.1. The summed E-state index contributed by atoms with van der Waals surface area (Å²) in [6, 6.07) is 0. The quantitative estimate of drug-likeness (QED) is 0.879. The van der Waals surface area contributed by atoms with Crippen molar-refractivity contribution in [3.05, 3.63) is 14.7 Å². The molecule has 82 valence electrons. The van der Waals surface area contributed by atoms with Gasteiger partial charge in [0, 0.05) is 5.38 Å². The summed E-state index contributed by atoms with van der Waals surface area (Å²) in [7, 11) is 0. The molecule has 0 aliphatic heterocycles. The molecule has 0 fully saturated rings. The van der Waals surface area contributed by atoms with Gasteiger partial charge in [-0.2, -0.15) is 0 Å². The minimum absolute atomic E-state index is 0.0370. The third-order valence-electron chi connectivity index (χ3n) is 1.59. The first-order valence-corrected chi connectivity index (χ1v) is 5.57. The lowest BCUT2D eigenvalue weighted by atomic mass is 10.3. The van der Waals surface area contributed by atoms with Gasteiger partial charge in [-0.3, -0.25) is 4.79 Å². The molecular formula is C8H8BrNO4S. The van der Waals surface area contributed by atoms with Crippen molar-refractivity contribution in [2.24, 2.45) is 5.73 Å². The Hall–Kier alpha value is -1.08. The highest BCUT2D eigenvalue weighted by Gasteiger charge is 2.21. The van der Waals surface area contributed by atoms with E-state index in [1.165, 1.54) is 6.92 Å². The van der Waals surface area contributed by atoms with Crippen LogP contribution in [0.2, 0.25) is 0 Å². The number of thiophene rings is 1. The summed E-state index contributed by atoms with van der Waals surface area (Å²) in [4.78, 5) is 21.6. The number of carbonyl (C=O) groups excluding carboxylic acids is 1. The minimum atomic E-state index is -1.10. The van der Waals surface area contributed by atoms with E-state index in [2.05, 4.69) is 15.9 Å². The molecule has 1 unspecified atom stereocenters. The number of amides is 1. The summed E-state index contributed by atoms with van der Waals surface area (Å²) < 4.78 is 5.65. The maximum atomic E-state index is 10.8. The van der Waals surface area contributed by atoms with Crippen molar-refractivity contribution in [2.75, 3.05) is 0 Å². The fourth-order valence-corrected chi connectivity index (χ4v) is 2.22. The second kappa shape index (κ2) is 4.63. The second-order valence-corrected chi connectivity index (χ2v) is 4.44. The molecule has 1 aromatic heterocycles. The first kappa shape index (κ1) is 12.0. The van der Waals surface area contributed by atoms with Crippen LogP contribution in [-0.4, -0.2) is 23.1 Å². The minimum Gasteiger partial charge on any atom is -0.478 e. The topological polar surface area (TPSA) is 89.6 Å². The number of nitrogens with two attached hydrogens (primary N) is 1. The van der Waals surface area contributed by atoms with Crippen molar-refractivity contribution < 1.29 is 19.4 Å². The Bertz CT molecular complexity index is 403. The molecule has 0 aromatic carbocycles. The Kier molecular flexibility index (Phi) is 3.70. The number of hydrogen-bond acceptors (Lipinski definition) is 4. The molecule has 0 radical (unpaired) electrons. The number of carboxylic acids is 1. The number of carbonyl (C=O) groups is 2. The van der Waals surface area contributed by atoms with Crippen LogP contribution in [0.4, 0.5) is 0 Å². The molecule has 0 aliphatic carbocycles. The summed E-state index contributed by atoms with van der Waals surface area (Å²) >= 11 is 4.15. The van der Waals surface area contributed by atoms with Crippen LogP contribution < -0.4 is 10.5 Å². The van der Waals surface area contributed by atoms with E-state index in [-0.39, 0.29) is 10.6 Å². The zero-order chi connectivity index (χ0) is 11.6. The third-order valence-corrected chi connectivity index (χ3v) is 3.43. The zero-order valence-electron chi connectivity index (χ0n) is 7.69. The number of rotatable bonds is 4. The van der Waals surface area contributed by atoms with E-state index in [9.17, 15) is 9.59 Å². The van der Waals surface area contributed by atoms with Crippen LogP contribution in [0.5, 0.6) is 5.75 Å². The Labute approximate surface area is 98.0 Å². The Balaban J connectivity index is 2.97. The monoisotopic (exact) mass is 293 g/mol. The van der Waals surface area contributed by atoms with Gasteiger partial charge in [-0.05, 0) is 22.9 Å². The number of carboxylic acid groups (broad SMARTS) is 1. The average Bonchev–Trinajstić information content (AvgIpc) is 2.48. The molecule has 1 atom stereocenters. The molecule has 0 aliphatic rings. The highest BCUT2D eigenvalue weighted by atomic mass is 79.9. The van der Waals surface area contributed by atoms with Gasteiger partial charge in [0.25, 0.3) is 5.91 Å². The highest BCUT2D eigenvalue weighted by Crippen LogP contribution is 2.35. The number of hydrogen-bond donors (Lipinski definition) is 2. The molecule has 3 N–H and O–H groups in total. The Morgan fingerprint density at radius 1 is 1.67 bits per heavy atom. The molecule has 0 saturated carbocycles. The van der Waals surface area contributed by atoms with Crippen molar-refractivity contribution in [3.8, 4) is 5.75 Å². The Morgan fingerprint density at radius 3 is 2.73 bits per heavy atom. The number of halogens is 1. The van der Waals surface area contributed by atoms with Gasteiger partial charge in [0.05, 0.1) is 4.47 Å². The van der Waals surface area contributed by atoms with E-state index in [4.69, 9.17) is 15.6 Å². The lowest BCUT2D eigenvalue weighted by Gasteiger charge is -2.11. The first-order chi connectivity index (χ1) is 6.93. The molecule has 0 bridgehead atoms. The Morgan fingerprint density at radius 2 is 2.27 bits per heavy atom. The van der Waals surface area contributed by atoms with Crippen LogP contribution in [0.1, 0.15) is 16.6 Å². The van der Waals surface area contributed by atoms with Crippen molar-refractivity contribution >= 4 is 39.1 Å². The van der Waals surface area contributed by atoms with E-state index in [1.54, 1.807) is 5.38 Å². The van der Waals surface area contributed by atoms with Crippen molar-refractivity contribution in [3.63, 3.8) is 0 Å². The van der Waals surface area contributed by atoms with E-state index in [1.807, 2.05) is 0 Å². The maximum absolute atomic E-state index is 10.8. The van der Waals surface area contributed by atoms with Crippen LogP contribution in [0.15, 0.2) is 9.85 Å². The van der Waals surface area contributed by atoms with Gasteiger partial charge in [0.15, 0.2) is 16.7 Å². The maximum Gasteiger partial charge on any atom is 0.349 e. The zero-order valence-corrected chi connectivity index (χ0v) is 10.1. The van der Waals surface area contributed by atoms with Gasteiger partial charge in [0.2, 0.25) is 0 Å². The molecule has 1 aromatic rings. The van der Waals surface area contributed by atoms with Crippen molar-refractivity contribution in [1.82, 2.24) is 0 Å². The summed E-state index contributed by atoms with van der Waals surface area (Å²) in [6.45, 7) is 1.46. The van der Waals surface area contributed by atoms with Gasteiger partial charge < -0.3 is 15.6 Å². The van der Waals surface area contributed by atoms with Gasteiger partial charge in [0.1, 0.15) is 0 Å². The van der Waals surface area contributed by atoms with Crippen LogP contribution in [0.3, 0.4) is 0 Å². The lowest BCUT2D eigenvalue weighted by molar-refractivity contribution is -0.124. The highest BCUT2D eigenvalue weighted by molar-refractivity contribution is 9.10. The van der Waals surface area contributed by atoms with Gasteiger partial charge in [-0.25, -0.2) is 4.79 Å². The fraction of sp³-hybridized carbons (Fsp3) is 0.250. The molecule has 5 nitrogen and oxygen atoms in total. The van der Waals surface area contributed by atoms with Crippen LogP contribution in [-0.2, 0) is 4.79 Å². The standard InChI is InChI=1S/C8H8BrNO4S/c1-3(7(10)11)14-5-4(9)2-15-6(5)8(12)13/h2-3H,1H3,(H2,10,11)(H,12,13). The van der Waals surface area contributed by atoms with Gasteiger partial charge in [-0.1, -0.05) is 0 Å². The van der Waals surface area contributed by atoms with E-state index in [0.29, 0.717) is 4.47 Å². The van der Waals surface area contributed by atoms with Crippen LogP contribution >= 0.6 is 27.3 Å². The molecule has 7 heteroatoms. The SMILES string of the molecule is CC(Oc1c(Br)csc1C(=O)O)C(N)=O. The fourth-order valence-electron chi connectivity index (χ4n) is 0.818. The van der Waals surface area contributed by atoms with E-state index >= 15 is 0 Å². The van der Waals surface area contributed by atoms with Crippen LogP contribution in [0, 0.1) is 0 Å². The number of ether oxygens (including phenoxy) is 1. The van der Waals surface area contributed by atoms with Gasteiger partial charge >= 0.3 is 5.97 Å². The summed E-state index contributed by atoms with van der Waals surface area (Å²) in [5, 5.41) is 10.4. The van der Waals surface area contributed by atoms with Gasteiger partial charge in [-0.15, -0.1) is 11.3 Å². The third kappa shape index (κ3) is 2.69. The molecule has 0 spiro atoms. The van der Waals surface area contributed by atoms with E-state index < -0.39 is 18.0 Å². The number of primary amides is 1. The number of aromatic carboxylic acids is 1. The molecule has 1 rings (SSSR count). The van der Waals surface area contributed by atoms with Crippen molar-refractivity contribution in [2.45, 2.75) is 13.0 Å². The lowest BCUT2D eigenvalue weighted by Crippen LogP contribution is -2.31. The molecule has 0 saturated heterocycles. The largest absolute Gasteiger partial charge is 0.478 e. The molecule has 1 amide bonds. The average molecular weight is 294 g/mol. The summed E-state index contributed by atoms with van der Waals surface area (Å²) in [5.41, 5.74) is 5.01. The summed E-state index contributed by atoms with van der Waals surface area (Å²) in [5.74, 6) is -1.61. The van der Waals surface area contributed by atoms with Crippen LogP contribution in [0.25, 0.3) is 0 Å². The first-order valence-electron chi connectivity index (χ1n) is 3.89. The predicted octanol–water partition coefficient (Wildman–Crippen LogP) is 1.46. The second-order valence-electron chi connectivity index (χ2n) is 2.71. The molecule has 1 heterocycles. The molecular weight excluding hydrogens is 286 g/mol. The summed E-state index contributed by atoms with van der Waals surface area (Å²) in [6.07, 6.45) is -0.867. The van der Waals surface area contributed by atoms with E-state index in [0.717, 1.165) is 11.3 Å². The predicted molar refractivity (Wildman–Crippen MR) is 58.3 cm³/mol. The smallest absolute Gasteiger partial charge is 0.349 e. The van der Waals surface area contributed by atoms with Crippen molar-refractivity contribution in [1.29, 1.82) is 0 Å². The molecule has 15 heavy (non-hydrogen) atoms.